The molecule has 2 N–H and O–H groups in total. The first-order valence-electron chi connectivity index (χ1n) is 6.39. The van der Waals surface area contributed by atoms with Crippen LogP contribution in [0.25, 0.3) is 0 Å². The lowest BCUT2D eigenvalue weighted by Crippen LogP contribution is -2.10. The second-order valence-electron chi connectivity index (χ2n) is 4.69. The molecule has 0 saturated heterocycles. The first kappa shape index (κ1) is 15.5. The maximum absolute atomic E-state index is 12.6. The Kier molecular flexibility index (Phi) is 4.12. The third-order valence-corrected chi connectivity index (χ3v) is 3.25. The van der Waals surface area contributed by atoms with Gasteiger partial charge in [-0.05, 0) is 24.6 Å². The van der Waals surface area contributed by atoms with Crippen LogP contribution in [0.1, 0.15) is 21.5 Å². The number of ketones is 1. The van der Waals surface area contributed by atoms with Crippen LogP contribution in [0, 0.1) is 6.92 Å². The minimum Gasteiger partial charge on any atom is -0.872 e. The van der Waals surface area contributed by atoms with Gasteiger partial charge < -0.3 is 24.8 Å². The number of aryl methyl sites for hydroxylation is 1. The molecule has 0 unspecified atom stereocenters. The van der Waals surface area contributed by atoms with Crippen molar-refractivity contribution in [1.82, 2.24) is 0 Å². The zero-order valence-electron chi connectivity index (χ0n) is 12.3. The van der Waals surface area contributed by atoms with Crippen LogP contribution < -0.4 is 14.6 Å². The molecule has 2 aromatic rings. The number of phenols is 2. The summed E-state index contributed by atoms with van der Waals surface area (Å²) in [6, 6.07) is 4.96. The molecule has 22 heavy (non-hydrogen) atoms. The van der Waals surface area contributed by atoms with Gasteiger partial charge in [-0.2, -0.15) is 0 Å². The molecular formula is C16H15O6-. The van der Waals surface area contributed by atoms with E-state index in [1.807, 2.05) is 0 Å². The van der Waals surface area contributed by atoms with E-state index in [2.05, 4.69) is 0 Å². The normalized spacial score (nSPS) is 10.3. The molecule has 0 heterocycles. The average Bonchev–Trinajstić information content (AvgIpc) is 2.45. The number of methoxy groups -OCH3 is 2. The number of carbonyl (C=O) groups excluding carboxylic acids is 1. The molecule has 0 spiro atoms. The van der Waals surface area contributed by atoms with Crippen molar-refractivity contribution < 1.29 is 29.6 Å². The van der Waals surface area contributed by atoms with Crippen LogP contribution in [0.2, 0.25) is 0 Å². The van der Waals surface area contributed by atoms with Crippen molar-refractivity contribution in [3.05, 3.63) is 41.0 Å². The number of carbonyl (C=O) groups is 1. The van der Waals surface area contributed by atoms with E-state index in [0.29, 0.717) is 5.56 Å². The smallest absolute Gasteiger partial charge is 0.200 e. The van der Waals surface area contributed by atoms with Gasteiger partial charge in [-0.3, -0.25) is 4.79 Å². The summed E-state index contributed by atoms with van der Waals surface area (Å²) in [4.78, 5) is 12.6. The van der Waals surface area contributed by atoms with E-state index in [4.69, 9.17) is 9.47 Å². The van der Waals surface area contributed by atoms with E-state index >= 15 is 0 Å². The van der Waals surface area contributed by atoms with Gasteiger partial charge in [-0.25, -0.2) is 0 Å². The highest BCUT2D eigenvalue weighted by Gasteiger charge is 2.22. The molecule has 0 radical (unpaired) electrons. The van der Waals surface area contributed by atoms with Gasteiger partial charge in [0, 0.05) is 12.1 Å². The number of ether oxygens (including phenoxy) is 2. The monoisotopic (exact) mass is 303 g/mol. The molecule has 0 aliphatic rings. The molecule has 2 rings (SSSR count). The first-order valence-corrected chi connectivity index (χ1v) is 6.39. The quantitative estimate of drug-likeness (QED) is 0.834. The Hall–Kier alpha value is -2.89. The highest BCUT2D eigenvalue weighted by Crippen LogP contribution is 2.36. The molecule has 0 fully saturated rings. The highest BCUT2D eigenvalue weighted by molar-refractivity contribution is 6.14. The first-order chi connectivity index (χ1) is 10.4. The van der Waals surface area contributed by atoms with E-state index in [1.54, 1.807) is 6.92 Å². The summed E-state index contributed by atoms with van der Waals surface area (Å²) < 4.78 is 9.96. The van der Waals surface area contributed by atoms with Gasteiger partial charge in [0.05, 0.1) is 25.3 Å². The van der Waals surface area contributed by atoms with Gasteiger partial charge in [0.2, 0.25) is 0 Å². The van der Waals surface area contributed by atoms with E-state index < -0.39 is 17.3 Å². The Balaban J connectivity index is 2.63. The lowest BCUT2D eigenvalue weighted by molar-refractivity contribution is -0.268. The van der Waals surface area contributed by atoms with Crippen LogP contribution in [0.3, 0.4) is 0 Å². The average molecular weight is 303 g/mol. The van der Waals surface area contributed by atoms with Crippen LogP contribution in [0.4, 0.5) is 0 Å². The summed E-state index contributed by atoms with van der Waals surface area (Å²) in [7, 11) is 2.69. The SMILES string of the molecule is COc1cc([O-])c(C(=O)c2c(C)cc(O)cc2OC)c(O)c1. The molecule has 116 valence electrons. The van der Waals surface area contributed by atoms with E-state index in [-0.39, 0.29) is 28.4 Å². The van der Waals surface area contributed by atoms with E-state index in [9.17, 15) is 20.1 Å². The van der Waals surface area contributed by atoms with Crippen LogP contribution >= 0.6 is 0 Å². The third-order valence-electron chi connectivity index (χ3n) is 3.25. The minimum absolute atomic E-state index is 0.0628. The summed E-state index contributed by atoms with van der Waals surface area (Å²) >= 11 is 0. The second kappa shape index (κ2) is 5.85. The number of rotatable bonds is 4. The maximum atomic E-state index is 12.6. The molecule has 0 amide bonds. The zero-order valence-corrected chi connectivity index (χ0v) is 12.3. The van der Waals surface area contributed by atoms with Crippen LogP contribution in [0.5, 0.6) is 28.7 Å². The number of benzene rings is 2. The van der Waals surface area contributed by atoms with Gasteiger partial charge in [0.25, 0.3) is 0 Å². The summed E-state index contributed by atoms with van der Waals surface area (Å²) in [6.45, 7) is 1.60. The predicted molar refractivity (Wildman–Crippen MR) is 76.9 cm³/mol. The van der Waals surface area contributed by atoms with Gasteiger partial charge >= 0.3 is 0 Å². The Morgan fingerprint density at radius 2 is 1.73 bits per heavy atom. The molecule has 0 saturated carbocycles. The topological polar surface area (TPSA) is 99.1 Å². The highest BCUT2D eigenvalue weighted by atomic mass is 16.5. The second-order valence-corrected chi connectivity index (χ2v) is 4.69. The Labute approximate surface area is 127 Å². The van der Waals surface area contributed by atoms with Gasteiger partial charge in [-0.1, -0.05) is 5.75 Å². The number of aromatic hydroxyl groups is 2. The largest absolute Gasteiger partial charge is 0.872 e. The molecule has 0 aliphatic carbocycles. The van der Waals surface area contributed by atoms with Crippen molar-refractivity contribution in [1.29, 1.82) is 0 Å². The summed E-state index contributed by atoms with van der Waals surface area (Å²) in [6.07, 6.45) is 0. The minimum atomic E-state index is -0.681. The van der Waals surface area contributed by atoms with Crippen molar-refractivity contribution in [2.24, 2.45) is 0 Å². The molecule has 2 aromatic carbocycles. The molecule has 6 heteroatoms. The molecule has 0 bridgehead atoms. The molecule has 0 atom stereocenters. The fourth-order valence-electron chi connectivity index (χ4n) is 2.24. The summed E-state index contributed by atoms with van der Waals surface area (Å²) in [5, 5.41) is 31.6. The number of phenolic OH excluding ortho intramolecular Hbond substituents is 2. The molecular weight excluding hydrogens is 288 g/mol. The number of hydrogen-bond acceptors (Lipinski definition) is 6. The Morgan fingerprint density at radius 1 is 1.05 bits per heavy atom. The lowest BCUT2D eigenvalue weighted by Gasteiger charge is -2.18. The van der Waals surface area contributed by atoms with Crippen molar-refractivity contribution in [2.75, 3.05) is 14.2 Å². The standard InChI is InChI=1S/C16H16O6/c1-8-4-9(17)5-13(22-3)14(8)16(20)15-11(18)6-10(21-2)7-12(15)19/h4-7,17-19H,1-3H3/p-1. The Morgan fingerprint density at radius 3 is 2.27 bits per heavy atom. The van der Waals surface area contributed by atoms with Gasteiger partial charge in [0.1, 0.15) is 23.0 Å². The number of hydrogen-bond donors (Lipinski definition) is 2. The summed E-state index contributed by atoms with van der Waals surface area (Å²) in [5.41, 5.74) is 0.169. The fraction of sp³-hybridized carbons (Fsp3) is 0.188. The van der Waals surface area contributed by atoms with Crippen LogP contribution in [-0.4, -0.2) is 30.2 Å². The fourth-order valence-corrected chi connectivity index (χ4v) is 2.24. The van der Waals surface area contributed by atoms with E-state index in [0.717, 1.165) is 6.07 Å². The van der Waals surface area contributed by atoms with Crippen molar-refractivity contribution in [2.45, 2.75) is 6.92 Å². The predicted octanol–water partition coefficient (Wildman–Crippen LogP) is 1.73. The van der Waals surface area contributed by atoms with Crippen molar-refractivity contribution >= 4 is 5.78 Å². The zero-order chi connectivity index (χ0) is 16.4. The Bertz CT molecular complexity index is 713. The van der Waals surface area contributed by atoms with Gasteiger partial charge in [0.15, 0.2) is 5.78 Å². The van der Waals surface area contributed by atoms with Crippen molar-refractivity contribution in [3.8, 4) is 28.7 Å². The lowest BCUT2D eigenvalue weighted by atomic mass is 9.96. The molecule has 0 aliphatic heterocycles. The van der Waals surface area contributed by atoms with Crippen molar-refractivity contribution in [3.63, 3.8) is 0 Å². The molecule has 0 aromatic heterocycles. The van der Waals surface area contributed by atoms with Crippen LogP contribution in [0.15, 0.2) is 24.3 Å². The molecule has 6 nitrogen and oxygen atoms in total. The van der Waals surface area contributed by atoms with Crippen LogP contribution in [-0.2, 0) is 0 Å². The van der Waals surface area contributed by atoms with E-state index in [1.165, 1.54) is 32.4 Å². The third kappa shape index (κ3) is 2.63. The maximum Gasteiger partial charge on any atom is 0.200 e. The summed E-state index contributed by atoms with van der Waals surface area (Å²) in [5.74, 6) is -1.59. The van der Waals surface area contributed by atoms with Gasteiger partial charge in [-0.15, -0.1) is 0 Å².